The van der Waals surface area contributed by atoms with Crippen molar-refractivity contribution >= 4 is 15.9 Å². The molecule has 0 spiro atoms. The number of rotatable bonds is 5. The molecule has 1 amide bonds. The highest BCUT2D eigenvalue weighted by molar-refractivity contribution is 7.89. The van der Waals surface area contributed by atoms with E-state index in [1.807, 2.05) is 0 Å². The summed E-state index contributed by atoms with van der Waals surface area (Å²) in [7, 11) is -2.07. The quantitative estimate of drug-likeness (QED) is 0.855. The van der Waals surface area contributed by atoms with Gasteiger partial charge in [0.1, 0.15) is 16.7 Å². The van der Waals surface area contributed by atoms with Gasteiger partial charge in [0.05, 0.1) is 19.0 Å². The third-order valence-corrected chi connectivity index (χ3v) is 5.67. The van der Waals surface area contributed by atoms with Crippen molar-refractivity contribution in [2.75, 3.05) is 6.54 Å². The van der Waals surface area contributed by atoms with Crippen LogP contribution in [0.5, 0.6) is 0 Å². The second-order valence-electron chi connectivity index (χ2n) is 5.42. The molecule has 1 atom stereocenters. The lowest BCUT2D eigenvalue weighted by atomic mass is 10.2. The van der Waals surface area contributed by atoms with E-state index in [-0.39, 0.29) is 17.3 Å². The van der Waals surface area contributed by atoms with Gasteiger partial charge in [-0.25, -0.2) is 8.42 Å². The van der Waals surface area contributed by atoms with Gasteiger partial charge in [-0.05, 0) is 25.0 Å². The fraction of sp³-hybridized carbons (Fsp3) is 0.429. The highest BCUT2D eigenvalue weighted by Gasteiger charge is 2.39. The Morgan fingerprint density at radius 3 is 3.00 bits per heavy atom. The van der Waals surface area contributed by atoms with Crippen LogP contribution in [-0.2, 0) is 28.4 Å². The van der Waals surface area contributed by atoms with Crippen molar-refractivity contribution < 1.29 is 17.6 Å². The van der Waals surface area contributed by atoms with E-state index in [0.29, 0.717) is 25.1 Å². The van der Waals surface area contributed by atoms with Crippen molar-refractivity contribution in [2.24, 2.45) is 7.05 Å². The number of sulfonamides is 1. The van der Waals surface area contributed by atoms with Crippen molar-refractivity contribution in [3.05, 3.63) is 36.5 Å². The first-order valence-electron chi connectivity index (χ1n) is 7.29. The number of amides is 1. The van der Waals surface area contributed by atoms with E-state index < -0.39 is 16.1 Å². The molecule has 0 aliphatic carbocycles. The molecule has 1 fully saturated rings. The fourth-order valence-corrected chi connectivity index (χ4v) is 4.30. The first kappa shape index (κ1) is 15.8. The highest BCUT2D eigenvalue weighted by atomic mass is 32.2. The van der Waals surface area contributed by atoms with Crippen LogP contribution in [0.1, 0.15) is 18.6 Å². The van der Waals surface area contributed by atoms with Gasteiger partial charge in [0, 0.05) is 19.8 Å². The predicted molar refractivity (Wildman–Crippen MR) is 80.7 cm³/mol. The lowest BCUT2D eigenvalue weighted by Gasteiger charge is -2.22. The predicted octanol–water partition coefficient (Wildman–Crippen LogP) is 0.483. The molecule has 1 N–H and O–H groups in total. The van der Waals surface area contributed by atoms with Crippen molar-refractivity contribution in [3.8, 4) is 0 Å². The number of carbonyl (C=O) groups is 1. The molecule has 1 saturated heterocycles. The van der Waals surface area contributed by atoms with Gasteiger partial charge >= 0.3 is 0 Å². The number of hydrogen-bond donors (Lipinski definition) is 1. The molecule has 0 radical (unpaired) electrons. The van der Waals surface area contributed by atoms with Crippen LogP contribution in [0, 0.1) is 0 Å². The standard InChI is InChI=1S/C14H18N4O4S/c1-17-10-12(9-16-17)23(20,21)18-6-2-5-13(18)14(19)15-8-11-4-3-7-22-11/h3-4,7,9-10,13H,2,5-6,8H2,1H3,(H,15,19). The van der Waals surface area contributed by atoms with Crippen molar-refractivity contribution in [1.82, 2.24) is 19.4 Å². The summed E-state index contributed by atoms with van der Waals surface area (Å²) in [5, 5.41) is 6.62. The first-order chi connectivity index (χ1) is 11.0. The summed E-state index contributed by atoms with van der Waals surface area (Å²) in [5.74, 6) is 0.310. The Hall–Kier alpha value is -2.13. The van der Waals surface area contributed by atoms with Gasteiger partial charge in [-0.2, -0.15) is 9.40 Å². The zero-order valence-corrected chi connectivity index (χ0v) is 13.5. The largest absolute Gasteiger partial charge is 0.467 e. The minimum atomic E-state index is -3.72. The average molecular weight is 338 g/mol. The number of nitrogens with one attached hydrogen (secondary N) is 1. The number of aryl methyl sites for hydroxylation is 1. The average Bonchev–Trinajstić information content (AvgIpc) is 3.25. The molecule has 1 aliphatic heterocycles. The zero-order valence-electron chi connectivity index (χ0n) is 12.7. The number of carbonyl (C=O) groups excluding carboxylic acids is 1. The third kappa shape index (κ3) is 3.15. The number of hydrogen-bond acceptors (Lipinski definition) is 5. The van der Waals surface area contributed by atoms with Gasteiger partial charge in [0.15, 0.2) is 0 Å². The zero-order chi connectivity index (χ0) is 16.4. The van der Waals surface area contributed by atoms with Gasteiger partial charge < -0.3 is 9.73 Å². The Kier molecular flexibility index (Phi) is 4.22. The van der Waals surface area contributed by atoms with Gasteiger partial charge in [-0.3, -0.25) is 9.48 Å². The normalized spacial score (nSPS) is 19.1. The first-order valence-corrected chi connectivity index (χ1v) is 8.73. The summed E-state index contributed by atoms with van der Waals surface area (Å²) in [6.07, 6.45) is 5.41. The Bertz CT molecular complexity index is 782. The number of furan rings is 1. The van der Waals surface area contributed by atoms with Crippen LogP contribution in [0.4, 0.5) is 0 Å². The summed E-state index contributed by atoms with van der Waals surface area (Å²) in [6.45, 7) is 0.569. The van der Waals surface area contributed by atoms with Crippen LogP contribution >= 0.6 is 0 Å². The van der Waals surface area contributed by atoms with E-state index in [0.717, 1.165) is 0 Å². The smallest absolute Gasteiger partial charge is 0.246 e. The fourth-order valence-electron chi connectivity index (χ4n) is 2.66. The molecule has 0 bridgehead atoms. The summed E-state index contributed by atoms with van der Waals surface area (Å²) >= 11 is 0. The Balaban J connectivity index is 1.73. The topological polar surface area (TPSA) is 97.4 Å². The molecule has 8 nitrogen and oxygen atoms in total. The lowest BCUT2D eigenvalue weighted by Crippen LogP contribution is -2.45. The van der Waals surface area contributed by atoms with Crippen LogP contribution < -0.4 is 5.32 Å². The van der Waals surface area contributed by atoms with Crippen LogP contribution in [0.3, 0.4) is 0 Å². The Labute approximate surface area is 134 Å². The third-order valence-electron chi connectivity index (χ3n) is 3.81. The number of aromatic nitrogens is 2. The Morgan fingerprint density at radius 2 is 2.35 bits per heavy atom. The van der Waals surface area contributed by atoms with Gasteiger partial charge in [0.25, 0.3) is 0 Å². The molecule has 0 saturated carbocycles. The number of nitrogens with zero attached hydrogens (tertiary/aromatic N) is 3. The van der Waals surface area contributed by atoms with Gasteiger partial charge in [-0.15, -0.1) is 0 Å². The Morgan fingerprint density at radius 1 is 1.52 bits per heavy atom. The molecule has 3 rings (SSSR count). The van der Waals surface area contributed by atoms with Crippen LogP contribution in [0.25, 0.3) is 0 Å². The molecule has 1 aliphatic rings. The van der Waals surface area contributed by atoms with Crippen LogP contribution in [0.15, 0.2) is 40.1 Å². The second-order valence-corrected chi connectivity index (χ2v) is 7.31. The lowest BCUT2D eigenvalue weighted by molar-refractivity contribution is -0.124. The monoisotopic (exact) mass is 338 g/mol. The molecule has 124 valence electrons. The molecule has 2 aromatic rings. The van der Waals surface area contributed by atoms with E-state index in [9.17, 15) is 13.2 Å². The highest BCUT2D eigenvalue weighted by Crippen LogP contribution is 2.26. The summed E-state index contributed by atoms with van der Waals surface area (Å²) in [5.41, 5.74) is 0. The molecule has 23 heavy (non-hydrogen) atoms. The van der Waals surface area contributed by atoms with Gasteiger partial charge in [-0.1, -0.05) is 0 Å². The minimum Gasteiger partial charge on any atom is -0.467 e. The molecule has 2 aromatic heterocycles. The van der Waals surface area contributed by atoms with E-state index in [2.05, 4.69) is 10.4 Å². The van der Waals surface area contributed by atoms with Crippen LogP contribution in [-0.4, -0.2) is 41.0 Å². The van der Waals surface area contributed by atoms with E-state index >= 15 is 0 Å². The van der Waals surface area contributed by atoms with E-state index in [4.69, 9.17) is 4.42 Å². The maximum atomic E-state index is 12.7. The molecular weight excluding hydrogens is 320 g/mol. The van der Waals surface area contributed by atoms with E-state index in [1.54, 1.807) is 19.2 Å². The van der Waals surface area contributed by atoms with E-state index in [1.165, 1.54) is 27.6 Å². The minimum absolute atomic E-state index is 0.103. The molecule has 3 heterocycles. The van der Waals surface area contributed by atoms with Crippen LogP contribution in [0.2, 0.25) is 0 Å². The summed E-state index contributed by atoms with van der Waals surface area (Å²) in [6, 6.07) is 2.78. The molecule has 0 aromatic carbocycles. The van der Waals surface area contributed by atoms with Crippen molar-refractivity contribution in [1.29, 1.82) is 0 Å². The maximum absolute atomic E-state index is 12.7. The van der Waals surface area contributed by atoms with Gasteiger partial charge in [0.2, 0.25) is 15.9 Å². The molecule has 9 heteroatoms. The summed E-state index contributed by atoms with van der Waals surface area (Å²) in [4.78, 5) is 12.5. The second kappa shape index (κ2) is 6.17. The maximum Gasteiger partial charge on any atom is 0.246 e. The van der Waals surface area contributed by atoms with Crippen molar-refractivity contribution in [3.63, 3.8) is 0 Å². The SMILES string of the molecule is Cn1cc(S(=O)(=O)N2CCCC2C(=O)NCc2ccco2)cn1. The van der Waals surface area contributed by atoms with Crippen molar-refractivity contribution in [2.45, 2.75) is 30.3 Å². The molecular formula is C14H18N4O4S. The summed E-state index contributed by atoms with van der Waals surface area (Å²) < 4.78 is 33.2. The molecule has 1 unspecified atom stereocenters.